The van der Waals surface area contributed by atoms with E-state index in [1.54, 1.807) is 13.2 Å². The molecule has 1 aromatic carbocycles. The van der Waals surface area contributed by atoms with Crippen molar-refractivity contribution in [3.63, 3.8) is 0 Å². The van der Waals surface area contributed by atoms with Crippen LogP contribution in [0.15, 0.2) is 6.07 Å². The first kappa shape index (κ1) is 14.7. The third kappa shape index (κ3) is 2.48. The average Bonchev–Trinajstić information content (AvgIpc) is 2.38. The van der Waals surface area contributed by atoms with E-state index in [2.05, 4.69) is 0 Å². The molecule has 0 amide bonds. The first-order chi connectivity index (χ1) is 9.49. The van der Waals surface area contributed by atoms with Gasteiger partial charge in [0.25, 0.3) is 0 Å². The van der Waals surface area contributed by atoms with Gasteiger partial charge in [-0.1, -0.05) is 11.6 Å². The second-order valence-electron chi connectivity index (χ2n) is 4.50. The van der Waals surface area contributed by atoms with Gasteiger partial charge in [0.1, 0.15) is 11.7 Å². The molecule has 6 nitrogen and oxygen atoms in total. The zero-order valence-electron chi connectivity index (χ0n) is 11.5. The van der Waals surface area contributed by atoms with Gasteiger partial charge in [-0.2, -0.15) is 0 Å². The van der Waals surface area contributed by atoms with Crippen molar-refractivity contribution in [1.82, 2.24) is 0 Å². The van der Waals surface area contributed by atoms with E-state index >= 15 is 0 Å². The standard InChI is InChI=1S/C13H16ClNO5/c1-15-5-7(6-18-2)20-12-9(15)4-8(14)11(19-3)10(12)13(16)17/h4,7H,5-6H2,1-3H3,(H,16,17). The lowest BCUT2D eigenvalue weighted by molar-refractivity contribution is 0.0649. The zero-order chi connectivity index (χ0) is 14.9. The summed E-state index contributed by atoms with van der Waals surface area (Å²) in [6, 6.07) is 1.64. The maximum Gasteiger partial charge on any atom is 0.343 e. The third-order valence-corrected chi connectivity index (χ3v) is 3.39. The fraction of sp³-hybridized carbons (Fsp3) is 0.462. The Kier molecular flexibility index (Phi) is 4.25. The molecule has 1 atom stereocenters. The second-order valence-corrected chi connectivity index (χ2v) is 4.90. The number of halogens is 1. The number of anilines is 1. The Balaban J connectivity index is 2.58. The lowest BCUT2D eigenvalue weighted by Gasteiger charge is -2.34. The van der Waals surface area contributed by atoms with E-state index in [0.717, 1.165) is 0 Å². The molecule has 1 N–H and O–H groups in total. The number of carboxylic acids is 1. The molecule has 0 saturated carbocycles. The molecule has 1 heterocycles. The summed E-state index contributed by atoms with van der Waals surface area (Å²) >= 11 is 6.08. The Hall–Kier alpha value is -1.66. The molecule has 0 radical (unpaired) electrons. The summed E-state index contributed by atoms with van der Waals surface area (Å²) < 4.78 is 15.9. The minimum Gasteiger partial charge on any atom is -0.494 e. The Morgan fingerprint density at radius 1 is 1.60 bits per heavy atom. The van der Waals surface area contributed by atoms with E-state index in [0.29, 0.717) is 18.8 Å². The molecule has 0 aliphatic carbocycles. The van der Waals surface area contributed by atoms with Crippen LogP contribution in [-0.4, -0.2) is 51.6 Å². The molecule has 0 fully saturated rings. The van der Waals surface area contributed by atoms with Gasteiger partial charge in [0.15, 0.2) is 11.5 Å². The molecule has 20 heavy (non-hydrogen) atoms. The number of methoxy groups -OCH3 is 2. The Labute approximate surface area is 121 Å². The van der Waals surface area contributed by atoms with Crippen LogP contribution in [0.2, 0.25) is 5.02 Å². The Morgan fingerprint density at radius 2 is 2.30 bits per heavy atom. The van der Waals surface area contributed by atoms with Crippen LogP contribution in [0.25, 0.3) is 0 Å². The SMILES string of the molecule is COCC1CN(C)c2cc(Cl)c(OC)c(C(=O)O)c2O1. The van der Waals surface area contributed by atoms with Gasteiger partial charge in [-0.15, -0.1) is 0 Å². The topological polar surface area (TPSA) is 68.2 Å². The fourth-order valence-corrected chi connectivity index (χ4v) is 2.55. The summed E-state index contributed by atoms with van der Waals surface area (Å²) in [4.78, 5) is 13.4. The van der Waals surface area contributed by atoms with E-state index in [9.17, 15) is 9.90 Å². The summed E-state index contributed by atoms with van der Waals surface area (Å²) in [6.45, 7) is 0.955. The molecule has 7 heteroatoms. The van der Waals surface area contributed by atoms with Crippen LogP contribution in [0.4, 0.5) is 5.69 Å². The number of nitrogens with zero attached hydrogens (tertiary/aromatic N) is 1. The molecular formula is C13H16ClNO5. The van der Waals surface area contributed by atoms with Crippen molar-refractivity contribution in [3.05, 3.63) is 16.7 Å². The van der Waals surface area contributed by atoms with Gasteiger partial charge < -0.3 is 24.2 Å². The number of hydrogen-bond donors (Lipinski definition) is 1. The molecule has 0 aromatic heterocycles. The van der Waals surface area contributed by atoms with Gasteiger partial charge in [-0.3, -0.25) is 0 Å². The van der Waals surface area contributed by atoms with Crippen molar-refractivity contribution >= 4 is 23.3 Å². The number of carboxylic acid groups (broad SMARTS) is 1. The molecule has 1 aromatic rings. The van der Waals surface area contributed by atoms with Gasteiger partial charge >= 0.3 is 5.97 Å². The first-order valence-electron chi connectivity index (χ1n) is 6.00. The van der Waals surface area contributed by atoms with Crippen LogP contribution in [0, 0.1) is 0 Å². The van der Waals surface area contributed by atoms with Crippen molar-refractivity contribution in [1.29, 1.82) is 0 Å². The van der Waals surface area contributed by atoms with Gasteiger partial charge in [0.05, 0.1) is 31.0 Å². The van der Waals surface area contributed by atoms with E-state index in [-0.39, 0.29) is 28.2 Å². The van der Waals surface area contributed by atoms with Gasteiger partial charge in [0, 0.05) is 14.2 Å². The Morgan fingerprint density at radius 3 is 2.85 bits per heavy atom. The number of benzene rings is 1. The van der Waals surface area contributed by atoms with Crippen LogP contribution in [0.1, 0.15) is 10.4 Å². The maximum absolute atomic E-state index is 11.5. The molecule has 0 saturated heterocycles. The van der Waals surface area contributed by atoms with Crippen molar-refractivity contribution in [2.45, 2.75) is 6.10 Å². The van der Waals surface area contributed by atoms with Gasteiger partial charge in [-0.05, 0) is 6.07 Å². The minimum atomic E-state index is -1.15. The van der Waals surface area contributed by atoms with Crippen LogP contribution < -0.4 is 14.4 Å². The highest BCUT2D eigenvalue weighted by Crippen LogP contribution is 2.45. The van der Waals surface area contributed by atoms with Crippen LogP contribution in [0.3, 0.4) is 0 Å². The highest BCUT2D eigenvalue weighted by atomic mass is 35.5. The summed E-state index contributed by atoms with van der Waals surface area (Å²) in [6.07, 6.45) is -0.249. The molecule has 2 rings (SSSR count). The monoisotopic (exact) mass is 301 g/mol. The van der Waals surface area contributed by atoms with Crippen molar-refractivity contribution in [3.8, 4) is 11.5 Å². The number of rotatable bonds is 4. The number of aromatic carboxylic acids is 1. The van der Waals surface area contributed by atoms with Crippen LogP contribution in [-0.2, 0) is 4.74 Å². The van der Waals surface area contributed by atoms with E-state index in [4.69, 9.17) is 25.8 Å². The predicted molar refractivity (Wildman–Crippen MR) is 74.5 cm³/mol. The molecule has 1 aliphatic heterocycles. The third-order valence-electron chi connectivity index (χ3n) is 3.11. The Bertz CT molecular complexity index is 534. The molecule has 110 valence electrons. The average molecular weight is 302 g/mol. The predicted octanol–water partition coefficient (Wildman–Crippen LogP) is 1.89. The fourth-order valence-electron chi connectivity index (χ4n) is 2.28. The first-order valence-corrected chi connectivity index (χ1v) is 6.37. The van der Waals surface area contributed by atoms with Gasteiger partial charge in [0.2, 0.25) is 0 Å². The quantitative estimate of drug-likeness (QED) is 0.916. The smallest absolute Gasteiger partial charge is 0.343 e. The molecular weight excluding hydrogens is 286 g/mol. The molecule has 0 spiro atoms. The highest BCUT2D eigenvalue weighted by Gasteiger charge is 2.32. The normalized spacial score (nSPS) is 17.4. The zero-order valence-corrected chi connectivity index (χ0v) is 12.2. The number of ether oxygens (including phenoxy) is 3. The highest BCUT2D eigenvalue weighted by molar-refractivity contribution is 6.33. The molecule has 1 unspecified atom stereocenters. The summed E-state index contributed by atoms with van der Waals surface area (Å²) in [5.74, 6) is -0.786. The number of hydrogen-bond acceptors (Lipinski definition) is 5. The lowest BCUT2D eigenvalue weighted by Crippen LogP contribution is -2.41. The van der Waals surface area contributed by atoms with Crippen LogP contribution >= 0.6 is 11.6 Å². The van der Waals surface area contributed by atoms with Gasteiger partial charge in [-0.25, -0.2) is 4.79 Å². The van der Waals surface area contributed by atoms with E-state index in [1.807, 2.05) is 11.9 Å². The molecule has 1 aliphatic rings. The van der Waals surface area contributed by atoms with Crippen molar-refractivity contribution < 1.29 is 24.1 Å². The number of likely N-dealkylation sites (N-methyl/N-ethyl adjacent to an activating group) is 1. The summed E-state index contributed by atoms with van der Waals surface area (Å²) in [5, 5.41) is 9.65. The summed E-state index contributed by atoms with van der Waals surface area (Å²) in [7, 11) is 4.79. The number of fused-ring (bicyclic) bond motifs is 1. The second kappa shape index (κ2) is 5.76. The lowest BCUT2D eigenvalue weighted by atomic mass is 10.1. The molecule has 0 bridgehead atoms. The van der Waals surface area contributed by atoms with Crippen molar-refractivity contribution in [2.24, 2.45) is 0 Å². The number of carbonyl (C=O) groups is 1. The van der Waals surface area contributed by atoms with E-state index in [1.165, 1.54) is 7.11 Å². The largest absolute Gasteiger partial charge is 0.494 e. The minimum absolute atomic E-state index is 0.0670. The van der Waals surface area contributed by atoms with Crippen molar-refractivity contribution in [2.75, 3.05) is 39.3 Å². The van der Waals surface area contributed by atoms with Crippen LogP contribution in [0.5, 0.6) is 11.5 Å². The summed E-state index contributed by atoms with van der Waals surface area (Å²) in [5.41, 5.74) is 0.559. The van der Waals surface area contributed by atoms with E-state index < -0.39 is 5.97 Å². The maximum atomic E-state index is 11.5.